The van der Waals surface area contributed by atoms with Gasteiger partial charge in [0.05, 0.1) is 0 Å². The molecule has 0 saturated heterocycles. The van der Waals surface area contributed by atoms with Gasteiger partial charge in [-0.3, -0.25) is 0 Å². The maximum atomic E-state index is 12.4. The van der Waals surface area contributed by atoms with E-state index in [9.17, 15) is 4.79 Å². The standard InChI is InChI=1S/C19H36N2O2/c1-18(2,3)21(17(22)23-19(4,5)6)12-11-20-13-16(14-7-8-14)15-9-10-15/h14-16,20H,7-13H2,1-6H3. The summed E-state index contributed by atoms with van der Waals surface area (Å²) < 4.78 is 5.56. The molecule has 2 fully saturated rings. The molecule has 2 aliphatic carbocycles. The van der Waals surface area contributed by atoms with E-state index in [-0.39, 0.29) is 11.6 Å². The van der Waals surface area contributed by atoms with Crippen LogP contribution in [0.5, 0.6) is 0 Å². The predicted molar refractivity (Wildman–Crippen MR) is 94.5 cm³/mol. The van der Waals surface area contributed by atoms with E-state index in [1.807, 2.05) is 25.7 Å². The van der Waals surface area contributed by atoms with Gasteiger partial charge in [0.15, 0.2) is 0 Å². The Morgan fingerprint density at radius 2 is 1.61 bits per heavy atom. The third kappa shape index (κ3) is 6.33. The van der Waals surface area contributed by atoms with E-state index in [2.05, 4.69) is 26.1 Å². The van der Waals surface area contributed by atoms with Crippen LogP contribution in [0.1, 0.15) is 67.2 Å². The third-order valence-electron chi connectivity index (χ3n) is 4.77. The highest BCUT2D eigenvalue weighted by Crippen LogP contribution is 2.48. The van der Waals surface area contributed by atoms with Crippen molar-refractivity contribution in [2.45, 2.75) is 78.4 Å². The number of carbonyl (C=O) groups is 1. The Morgan fingerprint density at radius 1 is 1.09 bits per heavy atom. The Balaban J connectivity index is 1.77. The molecule has 4 heteroatoms. The van der Waals surface area contributed by atoms with Crippen molar-refractivity contribution in [1.29, 1.82) is 0 Å². The highest BCUT2D eigenvalue weighted by Gasteiger charge is 2.40. The number of amides is 1. The highest BCUT2D eigenvalue weighted by molar-refractivity contribution is 5.69. The van der Waals surface area contributed by atoms with Crippen molar-refractivity contribution in [3.8, 4) is 0 Å². The van der Waals surface area contributed by atoms with Crippen LogP contribution in [-0.4, -0.2) is 41.8 Å². The van der Waals surface area contributed by atoms with Crippen LogP contribution in [0.2, 0.25) is 0 Å². The van der Waals surface area contributed by atoms with Crippen LogP contribution in [0.4, 0.5) is 4.79 Å². The molecule has 2 saturated carbocycles. The summed E-state index contributed by atoms with van der Waals surface area (Å²) in [5.41, 5.74) is -0.673. The van der Waals surface area contributed by atoms with Crippen molar-refractivity contribution in [1.82, 2.24) is 10.2 Å². The minimum absolute atomic E-state index is 0.215. The van der Waals surface area contributed by atoms with E-state index in [0.29, 0.717) is 6.54 Å². The first kappa shape index (κ1) is 18.6. The minimum atomic E-state index is -0.447. The van der Waals surface area contributed by atoms with Gasteiger partial charge in [0.1, 0.15) is 5.60 Å². The molecule has 1 N–H and O–H groups in total. The Kier molecular flexibility index (Phi) is 5.65. The minimum Gasteiger partial charge on any atom is -0.444 e. The lowest BCUT2D eigenvalue weighted by Crippen LogP contribution is -2.50. The monoisotopic (exact) mass is 324 g/mol. The molecule has 0 heterocycles. The molecule has 1 amide bonds. The second kappa shape index (κ2) is 7.00. The zero-order chi connectivity index (χ0) is 17.3. The van der Waals surface area contributed by atoms with Crippen LogP contribution in [-0.2, 0) is 4.74 Å². The molecule has 0 unspecified atom stereocenters. The summed E-state index contributed by atoms with van der Waals surface area (Å²) in [6.45, 7) is 14.6. The fourth-order valence-corrected chi connectivity index (χ4v) is 3.24. The maximum absolute atomic E-state index is 12.4. The molecule has 0 radical (unpaired) electrons. The molecule has 0 atom stereocenters. The molecule has 2 aliphatic rings. The molecule has 2 rings (SSSR count). The highest BCUT2D eigenvalue weighted by atomic mass is 16.6. The average molecular weight is 325 g/mol. The molecule has 0 aliphatic heterocycles. The quantitative estimate of drug-likeness (QED) is 0.718. The van der Waals surface area contributed by atoms with E-state index >= 15 is 0 Å². The van der Waals surface area contributed by atoms with Crippen molar-refractivity contribution in [2.24, 2.45) is 17.8 Å². The first-order chi connectivity index (χ1) is 10.6. The number of hydrogen-bond acceptors (Lipinski definition) is 3. The van der Waals surface area contributed by atoms with E-state index in [1.165, 1.54) is 25.7 Å². The number of carbonyl (C=O) groups excluding carboxylic acids is 1. The summed E-state index contributed by atoms with van der Waals surface area (Å²) in [5.74, 6) is 2.82. The summed E-state index contributed by atoms with van der Waals surface area (Å²) in [6.07, 6.45) is 5.49. The number of nitrogens with one attached hydrogen (secondary N) is 1. The fraction of sp³-hybridized carbons (Fsp3) is 0.947. The first-order valence-corrected chi connectivity index (χ1v) is 9.29. The third-order valence-corrected chi connectivity index (χ3v) is 4.77. The van der Waals surface area contributed by atoms with Crippen molar-refractivity contribution >= 4 is 6.09 Å². The van der Waals surface area contributed by atoms with Crippen molar-refractivity contribution in [3.05, 3.63) is 0 Å². The summed E-state index contributed by atoms with van der Waals surface area (Å²) in [5, 5.41) is 3.60. The fourth-order valence-electron chi connectivity index (χ4n) is 3.24. The second-order valence-electron chi connectivity index (χ2n) is 9.35. The van der Waals surface area contributed by atoms with Gasteiger partial charge in [0.2, 0.25) is 0 Å². The molecule has 0 aromatic rings. The van der Waals surface area contributed by atoms with E-state index in [0.717, 1.165) is 30.8 Å². The van der Waals surface area contributed by atoms with Crippen LogP contribution in [0.3, 0.4) is 0 Å². The van der Waals surface area contributed by atoms with Crippen LogP contribution < -0.4 is 5.32 Å². The largest absolute Gasteiger partial charge is 0.444 e. The van der Waals surface area contributed by atoms with Crippen LogP contribution >= 0.6 is 0 Å². The second-order valence-corrected chi connectivity index (χ2v) is 9.35. The Hall–Kier alpha value is -0.770. The Labute approximate surface area is 142 Å². The molecule has 134 valence electrons. The van der Waals surface area contributed by atoms with Gasteiger partial charge in [-0.15, -0.1) is 0 Å². The van der Waals surface area contributed by atoms with Gasteiger partial charge >= 0.3 is 6.09 Å². The van der Waals surface area contributed by atoms with E-state index in [4.69, 9.17) is 4.74 Å². The SMILES string of the molecule is CC(C)(C)OC(=O)N(CCNCC(C1CC1)C1CC1)C(C)(C)C. The lowest BCUT2D eigenvalue weighted by atomic mass is 9.98. The maximum Gasteiger partial charge on any atom is 0.410 e. The molecule has 0 aromatic carbocycles. The molecule has 23 heavy (non-hydrogen) atoms. The molecule has 4 nitrogen and oxygen atoms in total. The number of hydrogen-bond donors (Lipinski definition) is 1. The number of rotatable bonds is 7. The van der Waals surface area contributed by atoms with Crippen LogP contribution in [0, 0.1) is 17.8 Å². The number of nitrogens with zero attached hydrogens (tertiary/aromatic N) is 1. The molecule has 0 bridgehead atoms. The van der Waals surface area contributed by atoms with Gasteiger partial charge in [-0.25, -0.2) is 4.79 Å². The van der Waals surface area contributed by atoms with Crippen LogP contribution in [0.15, 0.2) is 0 Å². The zero-order valence-corrected chi connectivity index (χ0v) is 15.9. The van der Waals surface area contributed by atoms with Gasteiger partial charge in [-0.05, 0) is 91.5 Å². The van der Waals surface area contributed by atoms with Gasteiger partial charge in [0, 0.05) is 18.6 Å². The lowest BCUT2D eigenvalue weighted by Gasteiger charge is -2.37. The van der Waals surface area contributed by atoms with E-state index in [1.54, 1.807) is 0 Å². The first-order valence-electron chi connectivity index (χ1n) is 9.29. The summed E-state index contributed by atoms with van der Waals surface area (Å²) >= 11 is 0. The van der Waals surface area contributed by atoms with Crippen molar-refractivity contribution in [3.63, 3.8) is 0 Å². The zero-order valence-electron chi connectivity index (χ0n) is 15.9. The van der Waals surface area contributed by atoms with Crippen molar-refractivity contribution in [2.75, 3.05) is 19.6 Å². The normalized spacial score (nSPS) is 19.1. The molecular weight excluding hydrogens is 288 g/mol. The average Bonchev–Trinajstić information content (AvgIpc) is 3.23. The van der Waals surface area contributed by atoms with Gasteiger partial charge in [0.25, 0.3) is 0 Å². The summed E-state index contributed by atoms with van der Waals surface area (Å²) in [4.78, 5) is 14.3. The summed E-state index contributed by atoms with van der Waals surface area (Å²) in [7, 11) is 0. The summed E-state index contributed by atoms with van der Waals surface area (Å²) in [6, 6.07) is 0. The van der Waals surface area contributed by atoms with Crippen molar-refractivity contribution < 1.29 is 9.53 Å². The van der Waals surface area contributed by atoms with Crippen LogP contribution in [0.25, 0.3) is 0 Å². The molecule has 0 aromatic heterocycles. The van der Waals surface area contributed by atoms with Gasteiger partial charge < -0.3 is 15.0 Å². The number of ether oxygens (including phenoxy) is 1. The van der Waals surface area contributed by atoms with E-state index < -0.39 is 5.60 Å². The molecular formula is C19H36N2O2. The van der Waals surface area contributed by atoms with Gasteiger partial charge in [-0.2, -0.15) is 0 Å². The molecule has 0 spiro atoms. The smallest absolute Gasteiger partial charge is 0.410 e. The lowest BCUT2D eigenvalue weighted by molar-refractivity contribution is 0.00657. The topological polar surface area (TPSA) is 41.6 Å². The Bertz CT molecular complexity index is 389. The Morgan fingerprint density at radius 3 is 2.00 bits per heavy atom. The van der Waals surface area contributed by atoms with Gasteiger partial charge in [-0.1, -0.05) is 0 Å². The predicted octanol–water partition coefficient (Wildman–Crippen LogP) is 4.05.